The minimum atomic E-state index is 0.769. The van der Waals surface area contributed by atoms with Gasteiger partial charge in [-0.15, -0.1) is 10.2 Å². The van der Waals surface area contributed by atoms with E-state index in [-0.39, 0.29) is 0 Å². The summed E-state index contributed by atoms with van der Waals surface area (Å²) in [6, 6.07) is 7.70. The second kappa shape index (κ2) is 4.50. The van der Waals surface area contributed by atoms with Crippen LogP contribution in [0.1, 0.15) is 0 Å². The molecule has 6 heteroatoms. The van der Waals surface area contributed by atoms with Crippen molar-refractivity contribution in [3.8, 4) is 21.3 Å². The zero-order valence-electron chi connectivity index (χ0n) is 10.2. The van der Waals surface area contributed by atoms with Crippen LogP contribution in [-0.4, -0.2) is 20.2 Å². The first-order chi connectivity index (χ1) is 9.90. The molecule has 0 aromatic carbocycles. The van der Waals surface area contributed by atoms with Gasteiger partial charge in [-0.05, 0) is 24.3 Å². The molecule has 0 radical (unpaired) electrons. The number of hydrogen-bond acceptors (Lipinski definition) is 6. The summed E-state index contributed by atoms with van der Waals surface area (Å²) in [6.07, 6.45) is 6.87. The second-order valence-electron chi connectivity index (χ2n) is 4.18. The van der Waals surface area contributed by atoms with Gasteiger partial charge < -0.3 is 4.42 Å². The van der Waals surface area contributed by atoms with Gasteiger partial charge in [-0.2, -0.15) is 0 Å². The molecule has 0 aliphatic carbocycles. The summed E-state index contributed by atoms with van der Waals surface area (Å²) in [6.45, 7) is 0. The Morgan fingerprint density at radius 2 is 2.00 bits per heavy atom. The summed E-state index contributed by atoms with van der Waals surface area (Å²) in [5, 5.41) is 11.0. The van der Waals surface area contributed by atoms with Crippen molar-refractivity contribution in [2.45, 2.75) is 0 Å². The van der Waals surface area contributed by atoms with Crippen LogP contribution >= 0.6 is 11.3 Å². The predicted octanol–water partition coefficient (Wildman–Crippen LogP) is 3.41. The number of furan rings is 1. The topological polar surface area (TPSA) is 64.7 Å². The van der Waals surface area contributed by atoms with Crippen molar-refractivity contribution in [3.63, 3.8) is 0 Å². The molecule has 4 aromatic rings. The van der Waals surface area contributed by atoms with Crippen molar-refractivity contribution in [1.29, 1.82) is 0 Å². The highest BCUT2D eigenvalue weighted by atomic mass is 32.1. The molecular weight excluding hydrogens is 272 g/mol. The molecule has 0 spiro atoms. The van der Waals surface area contributed by atoms with Crippen LogP contribution in [0.3, 0.4) is 0 Å². The Hall–Kier alpha value is -2.60. The molecule has 96 valence electrons. The van der Waals surface area contributed by atoms with E-state index >= 15 is 0 Å². The fourth-order valence-corrected chi connectivity index (χ4v) is 2.72. The molecule has 5 nitrogen and oxygen atoms in total. The Labute approximate surface area is 118 Å². The molecule has 20 heavy (non-hydrogen) atoms. The van der Waals surface area contributed by atoms with Crippen molar-refractivity contribution in [2.75, 3.05) is 0 Å². The van der Waals surface area contributed by atoms with Crippen LogP contribution in [0.2, 0.25) is 0 Å². The first-order valence-corrected chi connectivity index (χ1v) is 6.79. The average Bonchev–Trinajstić information content (AvgIpc) is 3.16. The van der Waals surface area contributed by atoms with Crippen molar-refractivity contribution < 1.29 is 4.42 Å². The van der Waals surface area contributed by atoms with Crippen molar-refractivity contribution >= 4 is 22.3 Å². The van der Waals surface area contributed by atoms with Gasteiger partial charge in [0.1, 0.15) is 10.7 Å². The number of nitrogens with zero attached hydrogens (tertiary/aromatic N) is 4. The molecule has 0 saturated carbocycles. The zero-order chi connectivity index (χ0) is 13.4. The van der Waals surface area contributed by atoms with Gasteiger partial charge in [0.05, 0.1) is 12.5 Å². The monoisotopic (exact) mass is 280 g/mol. The van der Waals surface area contributed by atoms with Crippen molar-refractivity contribution in [1.82, 2.24) is 20.2 Å². The van der Waals surface area contributed by atoms with Gasteiger partial charge in [0.25, 0.3) is 0 Å². The van der Waals surface area contributed by atoms with E-state index in [0.717, 1.165) is 32.2 Å². The lowest BCUT2D eigenvalue weighted by Crippen LogP contribution is -1.81. The Balaban J connectivity index is 1.77. The molecule has 0 bridgehead atoms. The summed E-state index contributed by atoms with van der Waals surface area (Å²) in [4.78, 5) is 8.44. The zero-order valence-corrected chi connectivity index (χ0v) is 11.0. The smallest absolute Gasteiger partial charge is 0.166 e. The molecule has 0 N–H and O–H groups in total. The van der Waals surface area contributed by atoms with Crippen LogP contribution < -0.4 is 0 Å². The summed E-state index contributed by atoms with van der Waals surface area (Å²) in [5.41, 5.74) is 2.53. The second-order valence-corrected chi connectivity index (χ2v) is 5.16. The molecule has 0 saturated heterocycles. The molecule has 0 unspecified atom stereocenters. The molecule has 0 fully saturated rings. The number of pyridine rings is 2. The highest BCUT2D eigenvalue weighted by molar-refractivity contribution is 7.17. The normalized spacial score (nSPS) is 11.0. The van der Waals surface area contributed by atoms with Crippen molar-refractivity contribution in [3.05, 3.63) is 49.1 Å². The average molecular weight is 280 g/mol. The van der Waals surface area contributed by atoms with Gasteiger partial charge in [0.15, 0.2) is 10.6 Å². The Morgan fingerprint density at radius 1 is 1.05 bits per heavy atom. The minimum Gasteiger partial charge on any atom is -0.463 e. The lowest BCUT2D eigenvalue weighted by molar-refractivity contribution is 0.614. The van der Waals surface area contributed by atoms with Crippen LogP contribution in [0.15, 0.2) is 53.5 Å². The number of hydrogen-bond donors (Lipinski definition) is 0. The Morgan fingerprint density at radius 3 is 2.90 bits per heavy atom. The molecular formula is C14H8N4OS. The molecule has 4 aromatic heterocycles. The third kappa shape index (κ3) is 1.86. The molecule has 4 heterocycles. The molecule has 0 amide bonds. The van der Waals surface area contributed by atoms with Gasteiger partial charge in [0.2, 0.25) is 0 Å². The van der Waals surface area contributed by atoms with Crippen LogP contribution in [0.4, 0.5) is 0 Å². The maximum absolute atomic E-state index is 5.28. The number of fused-ring (bicyclic) bond motifs is 1. The summed E-state index contributed by atoms with van der Waals surface area (Å²) >= 11 is 1.49. The highest BCUT2D eigenvalue weighted by Crippen LogP contribution is 2.29. The fraction of sp³-hybridized carbons (Fsp3) is 0. The van der Waals surface area contributed by atoms with Crippen LogP contribution in [0.5, 0.6) is 0 Å². The molecule has 0 aliphatic heterocycles. The highest BCUT2D eigenvalue weighted by Gasteiger charge is 2.10. The largest absolute Gasteiger partial charge is 0.463 e. The fourth-order valence-electron chi connectivity index (χ4n) is 1.92. The molecule has 0 atom stereocenters. The predicted molar refractivity (Wildman–Crippen MR) is 76.1 cm³/mol. The van der Waals surface area contributed by atoms with E-state index in [2.05, 4.69) is 20.2 Å². The van der Waals surface area contributed by atoms with Gasteiger partial charge in [0, 0.05) is 23.3 Å². The maximum atomic E-state index is 5.28. The third-order valence-electron chi connectivity index (χ3n) is 2.89. The first kappa shape index (κ1) is 11.2. The van der Waals surface area contributed by atoms with Crippen LogP contribution in [0, 0.1) is 0 Å². The maximum Gasteiger partial charge on any atom is 0.166 e. The lowest BCUT2D eigenvalue weighted by Gasteiger charge is -1.94. The quantitative estimate of drug-likeness (QED) is 0.563. The first-order valence-electron chi connectivity index (χ1n) is 5.98. The van der Waals surface area contributed by atoms with Crippen LogP contribution in [0.25, 0.3) is 32.2 Å². The summed E-state index contributed by atoms with van der Waals surface area (Å²) in [7, 11) is 0. The minimum absolute atomic E-state index is 0.769. The third-order valence-corrected chi connectivity index (χ3v) is 3.89. The Kier molecular flexibility index (Phi) is 2.53. The van der Waals surface area contributed by atoms with E-state index in [1.165, 1.54) is 11.3 Å². The molecule has 0 aliphatic rings. The SMILES string of the molecule is c1cncc(-c2nnc(-c3cc4ccoc4cn3)s2)c1. The van der Waals surface area contributed by atoms with Gasteiger partial charge in [-0.25, -0.2) is 4.98 Å². The van der Waals surface area contributed by atoms with Gasteiger partial charge >= 0.3 is 0 Å². The summed E-state index contributed by atoms with van der Waals surface area (Å²) < 4.78 is 5.28. The van der Waals surface area contributed by atoms with Crippen LogP contribution in [-0.2, 0) is 0 Å². The number of aromatic nitrogens is 4. The number of rotatable bonds is 2. The van der Waals surface area contributed by atoms with Gasteiger partial charge in [-0.1, -0.05) is 11.3 Å². The standard InChI is InChI=1S/C14H8N4OS/c1-2-10(7-15-4-1)13-17-18-14(20-13)11-6-9-3-5-19-12(9)8-16-11/h1-8H. The lowest BCUT2D eigenvalue weighted by atomic mass is 10.3. The van der Waals surface area contributed by atoms with E-state index in [0.29, 0.717) is 0 Å². The molecule has 4 rings (SSSR count). The van der Waals surface area contributed by atoms with E-state index < -0.39 is 0 Å². The van der Waals surface area contributed by atoms with Gasteiger partial charge in [-0.3, -0.25) is 4.98 Å². The van der Waals surface area contributed by atoms with E-state index in [1.54, 1.807) is 24.9 Å². The Bertz CT molecular complexity index is 869. The van der Waals surface area contributed by atoms with E-state index in [1.807, 2.05) is 24.3 Å². The summed E-state index contributed by atoms with van der Waals surface area (Å²) in [5.74, 6) is 0. The van der Waals surface area contributed by atoms with E-state index in [9.17, 15) is 0 Å². The van der Waals surface area contributed by atoms with Crippen molar-refractivity contribution in [2.24, 2.45) is 0 Å². The van der Waals surface area contributed by atoms with E-state index in [4.69, 9.17) is 4.42 Å².